The van der Waals surface area contributed by atoms with Crippen LogP contribution in [0.25, 0.3) is 0 Å². The smallest absolute Gasteiger partial charge is 0.0278 e. The van der Waals surface area contributed by atoms with Gasteiger partial charge in [-0.05, 0) is 31.5 Å². The van der Waals surface area contributed by atoms with Gasteiger partial charge in [-0.3, -0.25) is 4.98 Å². The lowest BCUT2D eigenvalue weighted by Crippen LogP contribution is -2.31. The Morgan fingerprint density at radius 2 is 2.14 bits per heavy atom. The molecule has 1 unspecified atom stereocenters. The normalized spacial score (nSPS) is 21.3. The van der Waals surface area contributed by atoms with Crippen molar-refractivity contribution in [3.8, 4) is 0 Å². The van der Waals surface area contributed by atoms with Gasteiger partial charge < -0.3 is 5.32 Å². The molecule has 2 rings (SSSR count). The summed E-state index contributed by atoms with van der Waals surface area (Å²) in [6.45, 7) is 2.33. The zero-order chi connectivity index (χ0) is 8.93. The lowest BCUT2D eigenvalue weighted by atomic mass is 10.2. The molecular formula is C10H15ClN2S. The second-order valence-electron chi connectivity index (χ2n) is 3.27. The molecule has 1 aliphatic rings. The van der Waals surface area contributed by atoms with Crippen molar-refractivity contribution in [3.05, 3.63) is 24.5 Å². The molecule has 1 saturated heterocycles. The van der Waals surface area contributed by atoms with E-state index in [-0.39, 0.29) is 12.4 Å². The highest BCUT2D eigenvalue weighted by Crippen LogP contribution is 2.26. The van der Waals surface area contributed by atoms with Crippen LogP contribution in [0.4, 0.5) is 0 Å². The molecule has 2 heterocycles. The number of hydrogen-bond donors (Lipinski definition) is 1. The fourth-order valence-electron chi connectivity index (χ4n) is 1.53. The number of thioether (sulfide) groups is 1. The van der Waals surface area contributed by atoms with Gasteiger partial charge in [-0.25, -0.2) is 0 Å². The summed E-state index contributed by atoms with van der Waals surface area (Å²) < 4.78 is 0. The minimum atomic E-state index is 0. The summed E-state index contributed by atoms with van der Waals surface area (Å²) in [5.74, 6) is 0. The van der Waals surface area contributed by atoms with Crippen molar-refractivity contribution in [2.24, 2.45) is 0 Å². The minimum absolute atomic E-state index is 0. The molecule has 0 radical (unpaired) electrons. The number of hydrogen-bond acceptors (Lipinski definition) is 3. The van der Waals surface area contributed by atoms with E-state index in [1.807, 2.05) is 24.2 Å². The average molecular weight is 231 g/mol. The quantitative estimate of drug-likeness (QED) is 0.845. The Balaban J connectivity index is 0.000000980. The molecule has 0 amide bonds. The van der Waals surface area contributed by atoms with Crippen molar-refractivity contribution in [1.29, 1.82) is 0 Å². The van der Waals surface area contributed by atoms with Gasteiger partial charge in [0.15, 0.2) is 0 Å². The molecule has 1 atom stereocenters. The molecule has 0 spiro atoms. The largest absolute Gasteiger partial charge is 0.316 e. The highest BCUT2D eigenvalue weighted by Gasteiger charge is 2.13. The number of nitrogens with one attached hydrogen (secondary N) is 1. The number of halogens is 1. The molecule has 1 fully saturated rings. The maximum atomic E-state index is 4.01. The highest BCUT2D eigenvalue weighted by molar-refractivity contribution is 8.00. The molecule has 14 heavy (non-hydrogen) atoms. The number of piperidine rings is 1. The van der Waals surface area contributed by atoms with Gasteiger partial charge in [-0.1, -0.05) is 0 Å². The van der Waals surface area contributed by atoms with Crippen LogP contribution < -0.4 is 5.32 Å². The van der Waals surface area contributed by atoms with Crippen molar-refractivity contribution >= 4 is 24.2 Å². The molecule has 1 aromatic heterocycles. The van der Waals surface area contributed by atoms with E-state index in [2.05, 4.69) is 22.4 Å². The molecule has 1 aliphatic heterocycles. The van der Waals surface area contributed by atoms with Gasteiger partial charge in [-0.2, -0.15) is 0 Å². The van der Waals surface area contributed by atoms with Crippen LogP contribution in [-0.2, 0) is 0 Å². The van der Waals surface area contributed by atoms with Crippen molar-refractivity contribution in [2.45, 2.75) is 23.0 Å². The SMILES string of the molecule is Cl.c1cc(SC2CCCNC2)ccn1. The van der Waals surface area contributed by atoms with Gasteiger partial charge in [0.2, 0.25) is 0 Å². The number of aromatic nitrogens is 1. The molecule has 1 aromatic rings. The molecule has 0 aliphatic carbocycles. The molecule has 4 heteroatoms. The third-order valence-corrected chi connectivity index (χ3v) is 3.48. The number of rotatable bonds is 2. The van der Waals surface area contributed by atoms with Crippen LogP contribution in [0, 0.1) is 0 Å². The van der Waals surface area contributed by atoms with Gasteiger partial charge in [0.25, 0.3) is 0 Å². The monoisotopic (exact) mass is 230 g/mol. The summed E-state index contributed by atoms with van der Waals surface area (Å²) in [5.41, 5.74) is 0. The Bertz CT molecular complexity index is 250. The van der Waals surface area contributed by atoms with E-state index in [0.29, 0.717) is 0 Å². The van der Waals surface area contributed by atoms with Crippen LogP contribution >= 0.6 is 24.2 Å². The number of nitrogens with zero attached hydrogens (tertiary/aromatic N) is 1. The first-order chi connectivity index (χ1) is 6.45. The van der Waals surface area contributed by atoms with Crippen molar-refractivity contribution in [2.75, 3.05) is 13.1 Å². The summed E-state index contributed by atoms with van der Waals surface area (Å²) in [6, 6.07) is 4.17. The van der Waals surface area contributed by atoms with E-state index in [0.717, 1.165) is 11.8 Å². The van der Waals surface area contributed by atoms with Gasteiger partial charge in [0.05, 0.1) is 0 Å². The predicted molar refractivity (Wildman–Crippen MR) is 63.2 cm³/mol. The third kappa shape index (κ3) is 3.48. The lowest BCUT2D eigenvalue weighted by Gasteiger charge is -2.21. The summed E-state index contributed by atoms with van der Waals surface area (Å²) >= 11 is 1.96. The molecule has 0 bridgehead atoms. The van der Waals surface area contributed by atoms with Crippen LogP contribution in [0.2, 0.25) is 0 Å². The van der Waals surface area contributed by atoms with Crippen molar-refractivity contribution in [1.82, 2.24) is 10.3 Å². The van der Waals surface area contributed by atoms with E-state index in [9.17, 15) is 0 Å². The van der Waals surface area contributed by atoms with E-state index in [1.54, 1.807) is 0 Å². The molecule has 78 valence electrons. The van der Waals surface area contributed by atoms with Crippen LogP contribution in [-0.4, -0.2) is 23.3 Å². The van der Waals surface area contributed by atoms with Crippen molar-refractivity contribution in [3.63, 3.8) is 0 Å². The van der Waals surface area contributed by atoms with E-state index >= 15 is 0 Å². The maximum absolute atomic E-state index is 4.01. The number of pyridine rings is 1. The Labute approximate surface area is 95.3 Å². The highest BCUT2D eigenvalue weighted by atomic mass is 35.5. The fraction of sp³-hybridized carbons (Fsp3) is 0.500. The summed E-state index contributed by atoms with van der Waals surface area (Å²) in [7, 11) is 0. The molecule has 0 saturated carbocycles. The standard InChI is InChI=1S/C10H14N2S.ClH/c1-2-10(8-12-5-1)13-9-3-6-11-7-4-9;/h3-4,6-7,10,12H,1-2,5,8H2;1H. The van der Waals surface area contributed by atoms with Crippen LogP contribution in [0.3, 0.4) is 0 Å². The molecule has 0 aromatic carbocycles. The van der Waals surface area contributed by atoms with Gasteiger partial charge in [0.1, 0.15) is 0 Å². The molecular weight excluding hydrogens is 216 g/mol. The lowest BCUT2D eigenvalue weighted by molar-refractivity contribution is 0.531. The molecule has 2 nitrogen and oxygen atoms in total. The average Bonchev–Trinajstić information content (AvgIpc) is 2.21. The van der Waals surface area contributed by atoms with Gasteiger partial charge in [-0.15, -0.1) is 24.2 Å². The topological polar surface area (TPSA) is 24.9 Å². The van der Waals surface area contributed by atoms with Crippen LogP contribution in [0.5, 0.6) is 0 Å². The summed E-state index contributed by atoms with van der Waals surface area (Å²) in [4.78, 5) is 5.35. The van der Waals surface area contributed by atoms with Crippen LogP contribution in [0.15, 0.2) is 29.4 Å². The van der Waals surface area contributed by atoms with Gasteiger partial charge >= 0.3 is 0 Å². The first-order valence-electron chi connectivity index (χ1n) is 4.72. The predicted octanol–water partition coefficient (Wildman–Crippen LogP) is 2.35. The Morgan fingerprint density at radius 3 is 2.79 bits per heavy atom. The maximum Gasteiger partial charge on any atom is 0.0278 e. The Kier molecular flexibility index (Phi) is 5.30. The van der Waals surface area contributed by atoms with E-state index in [1.165, 1.54) is 24.3 Å². The third-order valence-electron chi connectivity index (χ3n) is 2.20. The summed E-state index contributed by atoms with van der Waals surface area (Å²) in [5, 5.41) is 4.17. The summed E-state index contributed by atoms with van der Waals surface area (Å²) in [6.07, 6.45) is 6.36. The zero-order valence-electron chi connectivity index (χ0n) is 7.98. The van der Waals surface area contributed by atoms with Crippen LogP contribution in [0.1, 0.15) is 12.8 Å². The Morgan fingerprint density at radius 1 is 1.36 bits per heavy atom. The first kappa shape index (κ1) is 11.8. The van der Waals surface area contributed by atoms with Crippen molar-refractivity contribution < 1.29 is 0 Å². The van der Waals surface area contributed by atoms with E-state index < -0.39 is 0 Å². The first-order valence-corrected chi connectivity index (χ1v) is 5.60. The minimum Gasteiger partial charge on any atom is -0.316 e. The Hall–Kier alpha value is -0.250. The fourth-order valence-corrected chi connectivity index (χ4v) is 2.68. The van der Waals surface area contributed by atoms with Gasteiger partial charge in [0, 0.05) is 29.1 Å². The zero-order valence-corrected chi connectivity index (χ0v) is 9.61. The molecule has 1 N–H and O–H groups in total. The second-order valence-corrected chi connectivity index (χ2v) is 4.64. The second kappa shape index (κ2) is 6.27. The van der Waals surface area contributed by atoms with E-state index in [4.69, 9.17) is 0 Å².